The van der Waals surface area contributed by atoms with Crippen molar-refractivity contribution in [2.24, 2.45) is 0 Å². The van der Waals surface area contributed by atoms with Crippen molar-refractivity contribution in [3.63, 3.8) is 0 Å². The number of hydrogen-bond donors (Lipinski definition) is 2. The standard InChI is InChI=1S/C14H8ClF5N2S/c15-12-2-1-9(6-11(12)14(18,19)20)21-13(23)22-10-4-7(16)3-8(17)5-10/h1-6H,(H2,21,22,23). The maximum Gasteiger partial charge on any atom is 0.417 e. The topological polar surface area (TPSA) is 24.1 Å². The summed E-state index contributed by atoms with van der Waals surface area (Å²) in [6, 6.07) is 5.79. The van der Waals surface area contributed by atoms with E-state index in [-0.39, 0.29) is 16.5 Å². The summed E-state index contributed by atoms with van der Waals surface area (Å²) in [7, 11) is 0. The second-order valence-corrected chi connectivity index (χ2v) is 5.25. The van der Waals surface area contributed by atoms with E-state index in [2.05, 4.69) is 10.6 Å². The number of nitrogens with one attached hydrogen (secondary N) is 2. The highest BCUT2D eigenvalue weighted by Gasteiger charge is 2.33. The van der Waals surface area contributed by atoms with E-state index in [9.17, 15) is 22.0 Å². The molecule has 0 aliphatic rings. The van der Waals surface area contributed by atoms with Crippen molar-refractivity contribution in [3.8, 4) is 0 Å². The Morgan fingerprint density at radius 2 is 1.48 bits per heavy atom. The Hall–Kier alpha value is -1.93. The maximum atomic E-state index is 13.1. The van der Waals surface area contributed by atoms with Gasteiger partial charge in [-0.2, -0.15) is 13.2 Å². The van der Waals surface area contributed by atoms with Gasteiger partial charge in [0.2, 0.25) is 0 Å². The molecule has 0 saturated carbocycles. The first kappa shape index (κ1) is 17.4. The molecule has 2 rings (SSSR count). The van der Waals surface area contributed by atoms with Crippen LogP contribution < -0.4 is 10.6 Å². The summed E-state index contributed by atoms with van der Waals surface area (Å²) in [4.78, 5) is 0. The van der Waals surface area contributed by atoms with Crippen LogP contribution in [0.5, 0.6) is 0 Å². The van der Waals surface area contributed by atoms with Crippen molar-refractivity contribution < 1.29 is 22.0 Å². The van der Waals surface area contributed by atoms with Crippen molar-refractivity contribution in [3.05, 3.63) is 58.6 Å². The molecule has 0 saturated heterocycles. The van der Waals surface area contributed by atoms with Crippen LogP contribution in [0.25, 0.3) is 0 Å². The number of halogens is 6. The quantitative estimate of drug-likeness (QED) is 0.546. The Morgan fingerprint density at radius 3 is 2.04 bits per heavy atom. The smallest absolute Gasteiger partial charge is 0.332 e. The van der Waals surface area contributed by atoms with Crippen molar-refractivity contribution in [2.45, 2.75) is 6.18 Å². The number of hydrogen-bond acceptors (Lipinski definition) is 1. The van der Waals surface area contributed by atoms with Gasteiger partial charge in [0.05, 0.1) is 10.6 Å². The molecule has 0 amide bonds. The zero-order chi connectivity index (χ0) is 17.2. The molecule has 9 heteroatoms. The first-order valence-corrected chi connectivity index (χ1v) is 6.84. The monoisotopic (exact) mass is 366 g/mol. The average Bonchev–Trinajstić information content (AvgIpc) is 2.38. The van der Waals surface area contributed by atoms with E-state index in [4.69, 9.17) is 23.8 Å². The van der Waals surface area contributed by atoms with Crippen LogP contribution in [0, 0.1) is 11.6 Å². The molecule has 0 aliphatic heterocycles. The Balaban J connectivity index is 2.14. The number of thiocarbonyl (C=S) groups is 1. The summed E-state index contributed by atoms with van der Waals surface area (Å²) >= 11 is 10.4. The van der Waals surface area contributed by atoms with Gasteiger partial charge in [-0.05, 0) is 42.5 Å². The van der Waals surface area contributed by atoms with E-state index >= 15 is 0 Å². The fraction of sp³-hybridized carbons (Fsp3) is 0.0714. The van der Waals surface area contributed by atoms with Crippen LogP contribution in [0.2, 0.25) is 5.02 Å². The van der Waals surface area contributed by atoms with Gasteiger partial charge in [0.15, 0.2) is 5.11 Å². The molecule has 0 unspecified atom stereocenters. The van der Waals surface area contributed by atoms with E-state index in [0.717, 1.165) is 24.3 Å². The lowest BCUT2D eigenvalue weighted by Crippen LogP contribution is -2.19. The summed E-state index contributed by atoms with van der Waals surface area (Å²) in [6.45, 7) is 0. The SMILES string of the molecule is Fc1cc(F)cc(NC(=S)Nc2ccc(Cl)c(C(F)(F)F)c2)c1. The van der Waals surface area contributed by atoms with Crippen LogP contribution in [0.3, 0.4) is 0 Å². The number of benzene rings is 2. The zero-order valence-electron chi connectivity index (χ0n) is 11.1. The molecule has 0 aliphatic carbocycles. The second kappa shape index (κ2) is 6.67. The van der Waals surface area contributed by atoms with Crippen LogP contribution in [0.1, 0.15) is 5.56 Å². The van der Waals surface area contributed by atoms with Crippen LogP contribution in [-0.2, 0) is 6.18 Å². The van der Waals surface area contributed by atoms with Gasteiger partial charge in [0.1, 0.15) is 11.6 Å². The molecule has 122 valence electrons. The Kier molecular flexibility index (Phi) is 5.06. The molecule has 0 aromatic heterocycles. The first-order valence-electron chi connectivity index (χ1n) is 6.06. The molecule has 0 fully saturated rings. The first-order chi connectivity index (χ1) is 10.6. The number of rotatable bonds is 2. The van der Waals surface area contributed by atoms with Crippen LogP contribution >= 0.6 is 23.8 Å². The van der Waals surface area contributed by atoms with Crippen molar-refractivity contribution >= 4 is 40.3 Å². The van der Waals surface area contributed by atoms with E-state index < -0.39 is 28.4 Å². The zero-order valence-corrected chi connectivity index (χ0v) is 12.7. The number of anilines is 2. The van der Waals surface area contributed by atoms with Crippen LogP contribution in [-0.4, -0.2) is 5.11 Å². The van der Waals surface area contributed by atoms with E-state index in [1.165, 1.54) is 6.07 Å². The van der Waals surface area contributed by atoms with Gasteiger partial charge in [-0.25, -0.2) is 8.78 Å². The minimum Gasteiger partial charge on any atom is -0.332 e. The molecular formula is C14H8ClF5N2S. The van der Waals surface area contributed by atoms with E-state index in [1.807, 2.05) is 0 Å². The summed E-state index contributed by atoms with van der Waals surface area (Å²) in [6.07, 6.45) is -4.62. The normalized spacial score (nSPS) is 11.2. The van der Waals surface area contributed by atoms with Crippen molar-refractivity contribution in [1.82, 2.24) is 0 Å². The molecule has 0 heterocycles. The predicted octanol–water partition coefficient (Wildman–Crippen LogP) is 5.45. The second-order valence-electron chi connectivity index (χ2n) is 4.43. The molecule has 0 bridgehead atoms. The predicted molar refractivity (Wildman–Crippen MR) is 82.7 cm³/mol. The molecule has 2 nitrogen and oxygen atoms in total. The third kappa shape index (κ3) is 4.77. The van der Waals surface area contributed by atoms with Gasteiger partial charge in [-0.3, -0.25) is 0 Å². The fourth-order valence-electron chi connectivity index (χ4n) is 1.74. The van der Waals surface area contributed by atoms with Gasteiger partial charge in [0.25, 0.3) is 0 Å². The molecule has 0 atom stereocenters. The molecule has 2 N–H and O–H groups in total. The van der Waals surface area contributed by atoms with E-state index in [1.54, 1.807) is 0 Å². The van der Waals surface area contributed by atoms with Gasteiger partial charge in [-0.15, -0.1) is 0 Å². The maximum absolute atomic E-state index is 13.1. The van der Waals surface area contributed by atoms with Gasteiger partial charge in [-0.1, -0.05) is 11.6 Å². The Labute approximate surface area is 138 Å². The summed E-state index contributed by atoms with van der Waals surface area (Å²) in [5.74, 6) is -1.64. The number of alkyl halides is 3. The van der Waals surface area contributed by atoms with Gasteiger partial charge in [0, 0.05) is 17.4 Å². The Morgan fingerprint density at radius 1 is 0.913 bits per heavy atom. The minimum absolute atomic E-state index is 0.0185. The van der Waals surface area contributed by atoms with Crippen molar-refractivity contribution in [1.29, 1.82) is 0 Å². The lowest BCUT2D eigenvalue weighted by molar-refractivity contribution is -0.137. The third-order valence-corrected chi connectivity index (χ3v) is 3.18. The van der Waals surface area contributed by atoms with Gasteiger partial charge >= 0.3 is 6.18 Å². The fourth-order valence-corrected chi connectivity index (χ4v) is 2.20. The summed E-state index contributed by atoms with van der Waals surface area (Å²) < 4.78 is 64.4. The molecule has 2 aromatic rings. The lowest BCUT2D eigenvalue weighted by atomic mass is 10.2. The third-order valence-electron chi connectivity index (χ3n) is 2.65. The van der Waals surface area contributed by atoms with Crippen LogP contribution in [0.15, 0.2) is 36.4 Å². The molecule has 2 aromatic carbocycles. The van der Waals surface area contributed by atoms with Gasteiger partial charge < -0.3 is 10.6 Å². The van der Waals surface area contributed by atoms with E-state index in [0.29, 0.717) is 6.07 Å². The lowest BCUT2D eigenvalue weighted by Gasteiger charge is -2.14. The average molecular weight is 367 g/mol. The molecule has 0 radical (unpaired) electrons. The highest BCUT2D eigenvalue weighted by atomic mass is 35.5. The summed E-state index contributed by atoms with van der Waals surface area (Å²) in [5, 5.41) is 4.37. The summed E-state index contributed by atoms with van der Waals surface area (Å²) in [5.41, 5.74) is -0.982. The molecular weight excluding hydrogens is 359 g/mol. The largest absolute Gasteiger partial charge is 0.417 e. The minimum atomic E-state index is -4.62. The van der Waals surface area contributed by atoms with Crippen molar-refractivity contribution in [2.75, 3.05) is 10.6 Å². The molecule has 23 heavy (non-hydrogen) atoms. The highest BCUT2D eigenvalue weighted by Crippen LogP contribution is 2.36. The van der Waals surface area contributed by atoms with Crippen LogP contribution in [0.4, 0.5) is 33.3 Å². The molecule has 0 spiro atoms. The Bertz CT molecular complexity index is 728. The highest BCUT2D eigenvalue weighted by molar-refractivity contribution is 7.80.